The third-order valence-corrected chi connectivity index (χ3v) is 3.79. The molecule has 0 aromatic heterocycles. The minimum Gasteiger partial charge on any atom is -0.370 e. The van der Waals surface area contributed by atoms with Crippen molar-refractivity contribution in [3.8, 4) is 0 Å². The van der Waals surface area contributed by atoms with Crippen LogP contribution in [-0.2, 0) is 0 Å². The van der Waals surface area contributed by atoms with Gasteiger partial charge in [-0.25, -0.2) is 0 Å². The average molecular weight is 263 g/mol. The van der Waals surface area contributed by atoms with Crippen LogP contribution in [0.1, 0.15) is 27.0 Å². The molecular formula is C18H17NO. The summed E-state index contributed by atoms with van der Waals surface area (Å²) in [7, 11) is 2.02. The predicted molar refractivity (Wildman–Crippen MR) is 83.4 cm³/mol. The quantitative estimate of drug-likeness (QED) is 0.770. The maximum Gasteiger partial charge on any atom is 0.193 e. The third kappa shape index (κ3) is 1.94. The second kappa shape index (κ2) is 4.64. The molecule has 1 heterocycles. The lowest BCUT2D eigenvalue weighted by Crippen LogP contribution is -2.11. The van der Waals surface area contributed by atoms with Gasteiger partial charge in [-0.15, -0.1) is 0 Å². The molecule has 2 aromatic carbocycles. The van der Waals surface area contributed by atoms with Crippen molar-refractivity contribution in [2.24, 2.45) is 0 Å². The number of carbonyl (C=O) groups excluding carboxylic acids is 1. The van der Waals surface area contributed by atoms with Gasteiger partial charge in [0, 0.05) is 36.0 Å². The zero-order valence-corrected chi connectivity index (χ0v) is 11.8. The second-order valence-electron chi connectivity index (χ2n) is 5.35. The first-order valence-electron chi connectivity index (χ1n) is 6.71. The maximum atomic E-state index is 12.7. The zero-order valence-electron chi connectivity index (χ0n) is 11.8. The Bertz CT molecular complexity index is 698. The Morgan fingerprint density at radius 2 is 1.85 bits per heavy atom. The average Bonchev–Trinajstić information content (AvgIpc) is 2.74. The molecule has 0 spiro atoms. The van der Waals surface area contributed by atoms with E-state index in [1.165, 1.54) is 0 Å². The fourth-order valence-corrected chi connectivity index (χ4v) is 2.73. The van der Waals surface area contributed by atoms with Gasteiger partial charge >= 0.3 is 0 Å². The number of nitrogens with zero attached hydrogens (tertiary/aromatic N) is 1. The Labute approximate surface area is 119 Å². The molecule has 100 valence electrons. The van der Waals surface area contributed by atoms with E-state index in [-0.39, 0.29) is 5.78 Å². The lowest BCUT2D eigenvalue weighted by Gasteiger charge is -2.12. The smallest absolute Gasteiger partial charge is 0.193 e. The lowest BCUT2D eigenvalue weighted by molar-refractivity contribution is 0.103. The van der Waals surface area contributed by atoms with E-state index >= 15 is 0 Å². The summed E-state index contributed by atoms with van der Waals surface area (Å²) in [5.41, 5.74) is 5.74. The van der Waals surface area contributed by atoms with Gasteiger partial charge in [-0.3, -0.25) is 4.79 Å². The van der Waals surface area contributed by atoms with Gasteiger partial charge in [-0.05, 0) is 18.6 Å². The van der Waals surface area contributed by atoms with E-state index < -0.39 is 0 Å². The van der Waals surface area contributed by atoms with Crippen LogP contribution in [0.25, 0.3) is 5.57 Å². The van der Waals surface area contributed by atoms with Gasteiger partial charge in [0.25, 0.3) is 0 Å². The van der Waals surface area contributed by atoms with Crippen molar-refractivity contribution < 1.29 is 4.79 Å². The Hall–Kier alpha value is -2.35. The van der Waals surface area contributed by atoms with Crippen molar-refractivity contribution in [1.29, 1.82) is 0 Å². The van der Waals surface area contributed by atoms with Crippen LogP contribution in [0.4, 0.5) is 5.69 Å². The molecule has 0 radical (unpaired) electrons. The lowest BCUT2D eigenvalue weighted by atomic mass is 9.94. The molecule has 1 aliphatic rings. The number of hydrogen-bond donors (Lipinski definition) is 0. The highest BCUT2D eigenvalue weighted by atomic mass is 16.1. The normalized spacial score (nSPS) is 13.5. The fourth-order valence-electron chi connectivity index (χ4n) is 2.73. The standard InChI is InChI=1S/C18H17NO/c1-12-7-9-14(10-8-12)18(20)15-5-4-6-16-17(15)13(2)11-19(16)3/h4-10H,2,11H2,1,3H3. The fraction of sp³-hybridized carbons (Fsp3) is 0.167. The summed E-state index contributed by atoms with van der Waals surface area (Å²) in [5, 5.41) is 0. The first-order chi connectivity index (χ1) is 9.58. The van der Waals surface area contributed by atoms with Crippen LogP contribution in [0.15, 0.2) is 49.0 Å². The van der Waals surface area contributed by atoms with Gasteiger partial charge in [0.05, 0.1) is 0 Å². The molecule has 0 unspecified atom stereocenters. The van der Waals surface area contributed by atoms with Crippen LogP contribution in [0, 0.1) is 6.92 Å². The van der Waals surface area contributed by atoms with Crippen LogP contribution in [0.3, 0.4) is 0 Å². The number of carbonyl (C=O) groups is 1. The molecule has 0 saturated heterocycles. The highest BCUT2D eigenvalue weighted by Gasteiger charge is 2.25. The van der Waals surface area contributed by atoms with Crippen molar-refractivity contribution in [3.05, 3.63) is 71.3 Å². The molecule has 0 amide bonds. The largest absolute Gasteiger partial charge is 0.370 e. The van der Waals surface area contributed by atoms with Crippen LogP contribution in [0.2, 0.25) is 0 Å². The summed E-state index contributed by atoms with van der Waals surface area (Å²) in [4.78, 5) is 14.8. The summed E-state index contributed by atoms with van der Waals surface area (Å²) in [5.74, 6) is 0.0679. The molecule has 2 heteroatoms. The van der Waals surface area contributed by atoms with E-state index in [1.807, 2.05) is 56.4 Å². The first-order valence-corrected chi connectivity index (χ1v) is 6.71. The molecule has 0 aliphatic carbocycles. The van der Waals surface area contributed by atoms with E-state index in [0.29, 0.717) is 0 Å². The van der Waals surface area contributed by atoms with Crippen molar-refractivity contribution in [2.45, 2.75) is 6.92 Å². The van der Waals surface area contributed by atoms with Gasteiger partial charge < -0.3 is 4.90 Å². The number of ketones is 1. The molecule has 0 N–H and O–H groups in total. The summed E-state index contributed by atoms with van der Waals surface area (Å²) < 4.78 is 0. The van der Waals surface area contributed by atoms with E-state index in [9.17, 15) is 4.79 Å². The maximum absolute atomic E-state index is 12.7. The number of benzene rings is 2. The van der Waals surface area contributed by atoms with Crippen molar-refractivity contribution in [2.75, 3.05) is 18.5 Å². The second-order valence-corrected chi connectivity index (χ2v) is 5.35. The molecule has 0 bridgehead atoms. The number of anilines is 1. The van der Waals surface area contributed by atoms with E-state index in [2.05, 4.69) is 11.5 Å². The van der Waals surface area contributed by atoms with Crippen LogP contribution >= 0.6 is 0 Å². The van der Waals surface area contributed by atoms with Gasteiger partial charge in [0.1, 0.15) is 0 Å². The number of hydrogen-bond acceptors (Lipinski definition) is 2. The van der Waals surface area contributed by atoms with Gasteiger partial charge in [-0.1, -0.05) is 48.5 Å². The number of rotatable bonds is 2. The number of aryl methyl sites for hydroxylation is 1. The van der Waals surface area contributed by atoms with Crippen LogP contribution in [0.5, 0.6) is 0 Å². The zero-order chi connectivity index (χ0) is 14.3. The molecule has 1 aliphatic heterocycles. The Morgan fingerprint density at radius 1 is 1.15 bits per heavy atom. The molecule has 0 atom stereocenters. The summed E-state index contributed by atoms with van der Waals surface area (Å²) in [6.07, 6.45) is 0. The van der Waals surface area contributed by atoms with E-state index in [0.717, 1.165) is 40.1 Å². The predicted octanol–water partition coefficient (Wildman–Crippen LogP) is 3.69. The van der Waals surface area contributed by atoms with Gasteiger partial charge in [0.15, 0.2) is 5.78 Å². The first kappa shape index (κ1) is 12.7. The Balaban J connectivity index is 2.10. The monoisotopic (exact) mass is 263 g/mol. The minimum absolute atomic E-state index is 0.0679. The summed E-state index contributed by atoms with van der Waals surface area (Å²) >= 11 is 0. The van der Waals surface area contributed by atoms with E-state index in [4.69, 9.17) is 0 Å². The molecule has 20 heavy (non-hydrogen) atoms. The highest BCUT2D eigenvalue weighted by molar-refractivity contribution is 6.13. The van der Waals surface area contributed by atoms with Crippen LogP contribution in [-0.4, -0.2) is 19.4 Å². The molecule has 2 aromatic rings. The van der Waals surface area contributed by atoms with Crippen molar-refractivity contribution in [1.82, 2.24) is 0 Å². The molecule has 2 nitrogen and oxygen atoms in total. The molecule has 0 saturated carbocycles. The Morgan fingerprint density at radius 3 is 2.55 bits per heavy atom. The molecule has 3 rings (SSSR count). The highest BCUT2D eigenvalue weighted by Crippen LogP contribution is 2.36. The summed E-state index contributed by atoms with van der Waals surface area (Å²) in [6.45, 7) is 6.91. The summed E-state index contributed by atoms with van der Waals surface area (Å²) in [6, 6.07) is 13.6. The minimum atomic E-state index is 0.0679. The van der Waals surface area contributed by atoms with Gasteiger partial charge in [0.2, 0.25) is 0 Å². The number of likely N-dealkylation sites (N-methyl/N-ethyl adjacent to an activating group) is 1. The van der Waals surface area contributed by atoms with E-state index in [1.54, 1.807) is 0 Å². The molecular weight excluding hydrogens is 246 g/mol. The molecule has 0 fully saturated rings. The number of fused-ring (bicyclic) bond motifs is 1. The van der Waals surface area contributed by atoms with Crippen LogP contribution < -0.4 is 4.90 Å². The SMILES string of the molecule is C=C1CN(C)c2cccc(C(=O)c3ccc(C)cc3)c21. The van der Waals surface area contributed by atoms with Crippen molar-refractivity contribution >= 4 is 17.0 Å². The Kier molecular flexibility index (Phi) is 2.94. The van der Waals surface area contributed by atoms with Crippen molar-refractivity contribution in [3.63, 3.8) is 0 Å². The van der Waals surface area contributed by atoms with Gasteiger partial charge in [-0.2, -0.15) is 0 Å². The topological polar surface area (TPSA) is 20.3 Å². The third-order valence-electron chi connectivity index (χ3n) is 3.79.